The summed E-state index contributed by atoms with van der Waals surface area (Å²) in [4.78, 5) is 2.52. The zero-order valence-corrected chi connectivity index (χ0v) is 12.6. The summed E-state index contributed by atoms with van der Waals surface area (Å²) in [5.41, 5.74) is 4.40. The Morgan fingerprint density at radius 3 is 2.58 bits per heavy atom. The van der Waals surface area contributed by atoms with E-state index in [4.69, 9.17) is 0 Å². The summed E-state index contributed by atoms with van der Waals surface area (Å²) >= 11 is 0. The first kappa shape index (κ1) is 14.6. The molecule has 1 saturated heterocycles. The lowest BCUT2D eigenvalue weighted by Crippen LogP contribution is -2.54. The number of nitrogens with one attached hydrogen (secondary N) is 2. The fourth-order valence-corrected chi connectivity index (χ4v) is 3.20. The molecule has 0 aromatic heterocycles. The Morgan fingerprint density at radius 2 is 1.84 bits per heavy atom. The van der Waals surface area contributed by atoms with Gasteiger partial charge in [-0.25, -0.2) is 0 Å². The van der Waals surface area contributed by atoms with E-state index in [2.05, 4.69) is 47.6 Å². The smallest absolute Gasteiger partial charge is 0.0370 e. The molecule has 0 bridgehead atoms. The predicted octanol–water partition coefficient (Wildman–Crippen LogP) is 1.94. The molecule has 2 aliphatic rings. The van der Waals surface area contributed by atoms with Crippen LogP contribution in [-0.4, -0.2) is 31.7 Å². The number of rotatable bonds is 1. The van der Waals surface area contributed by atoms with Crippen molar-refractivity contribution in [1.29, 1.82) is 0 Å². The third kappa shape index (κ3) is 3.22. The van der Waals surface area contributed by atoms with Crippen molar-refractivity contribution in [2.24, 2.45) is 0 Å². The van der Waals surface area contributed by atoms with Gasteiger partial charge in [-0.3, -0.25) is 0 Å². The maximum atomic E-state index is 3.59. The molecule has 106 valence electrons. The van der Waals surface area contributed by atoms with Crippen LogP contribution in [0, 0.1) is 0 Å². The molecular formula is C15H24ClN3. The van der Waals surface area contributed by atoms with Gasteiger partial charge in [0.2, 0.25) is 0 Å². The average Bonchev–Trinajstić information content (AvgIpc) is 2.37. The van der Waals surface area contributed by atoms with Gasteiger partial charge >= 0.3 is 0 Å². The highest BCUT2D eigenvalue weighted by molar-refractivity contribution is 5.85. The summed E-state index contributed by atoms with van der Waals surface area (Å²) in [6.45, 7) is 8.91. The van der Waals surface area contributed by atoms with Crippen LogP contribution in [0.1, 0.15) is 25.0 Å². The molecule has 4 heteroatoms. The van der Waals surface area contributed by atoms with Crippen LogP contribution < -0.4 is 15.5 Å². The first-order valence-electron chi connectivity index (χ1n) is 7.06. The maximum absolute atomic E-state index is 3.59. The normalized spacial score (nSPS) is 26.5. The lowest BCUT2D eigenvalue weighted by Gasteiger charge is -2.38. The van der Waals surface area contributed by atoms with Crippen molar-refractivity contribution in [3.63, 3.8) is 0 Å². The molecular weight excluding hydrogens is 258 g/mol. The molecule has 2 atom stereocenters. The minimum absolute atomic E-state index is 0. The van der Waals surface area contributed by atoms with Gasteiger partial charge in [-0.1, -0.05) is 6.07 Å². The quantitative estimate of drug-likeness (QED) is 0.824. The van der Waals surface area contributed by atoms with Crippen LogP contribution in [0.25, 0.3) is 0 Å². The van der Waals surface area contributed by atoms with Crippen molar-refractivity contribution in [3.05, 3.63) is 29.3 Å². The highest BCUT2D eigenvalue weighted by Gasteiger charge is 2.21. The van der Waals surface area contributed by atoms with Crippen LogP contribution in [0.3, 0.4) is 0 Å². The van der Waals surface area contributed by atoms with Crippen LogP contribution in [-0.2, 0) is 13.0 Å². The Hall–Kier alpha value is -0.770. The van der Waals surface area contributed by atoms with E-state index >= 15 is 0 Å². The largest absolute Gasteiger partial charge is 0.368 e. The van der Waals surface area contributed by atoms with Crippen molar-refractivity contribution in [2.75, 3.05) is 24.5 Å². The second-order valence-corrected chi connectivity index (χ2v) is 5.75. The fraction of sp³-hybridized carbons (Fsp3) is 0.600. The van der Waals surface area contributed by atoms with Crippen molar-refractivity contribution in [1.82, 2.24) is 10.6 Å². The molecule has 3 nitrogen and oxygen atoms in total. The molecule has 1 aromatic rings. The third-order valence-electron chi connectivity index (χ3n) is 4.00. The molecule has 0 unspecified atom stereocenters. The van der Waals surface area contributed by atoms with E-state index in [-0.39, 0.29) is 12.4 Å². The topological polar surface area (TPSA) is 27.3 Å². The van der Waals surface area contributed by atoms with Crippen LogP contribution in [0.4, 0.5) is 5.69 Å². The highest BCUT2D eigenvalue weighted by atomic mass is 35.5. The second-order valence-electron chi connectivity index (χ2n) is 5.75. The number of fused-ring (bicyclic) bond motifs is 1. The number of benzene rings is 1. The molecule has 0 amide bonds. The zero-order chi connectivity index (χ0) is 12.5. The van der Waals surface area contributed by atoms with Gasteiger partial charge in [0.25, 0.3) is 0 Å². The van der Waals surface area contributed by atoms with Crippen LogP contribution in [0.15, 0.2) is 18.2 Å². The fourth-order valence-electron chi connectivity index (χ4n) is 3.20. The third-order valence-corrected chi connectivity index (χ3v) is 4.00. The van der Waals surface area contributed by atoms with E-state index < -0.39 is 0 Å². The number of anilines is 1. The molecule has 1 aromatic carbocycles. The molecule has 0 saturated carbocycles. The number of halogens is 1. The molecule has 0 spiro atoms. The van der Waals surface area contributed by atoms with Gasteiger partial charge in [0.15, 0.2) is 0 Å². The van der Waals surface area contributed by atoms with E-state index in [9.17, 15) is 0 Å². The lowest BCUT2D eigenvalue weighted by atomic mass is 9.99. The number of hydrogen-bond acceptors (Lipinski definition) is 3. The van der Waals surface area contributed by atoms with Crippen LogP contribution in [0.5, 0.6) is 0 Å². The Kier molecular flexibility index (Phi) is 4.71. The SMILES string of the molecule is C[C@@H]1CN(c2ccc3c(c2)CCNC3)C[C@H](C)N1.Cl. The van der Waals surface area contributed by atoms with Gasteiger partial charge in [0.05, 0.1) is 0 Å². The van der Waals surface area contributed by atoms with Crippen LogP contribution in [0.2, 0.25) is 0 Å². The van der Waals surface area contributed by atoms with Gasteiger partial charge in [-0.15, -0.1) is 12.4 Å². The minimum atomic E-state index is 0. The molecule has 0 aliphatic carbocycles. The summed E-state index contributed by atoms with van der Waals surface area (Å²) in [6, 6.07) is 8.14. The number of nitrogens with zero attached hydrogens (tertiary/aromatic N) is 1. The highest BCUT2D eigenvalue weighted by Crippen LogP contribution is 2.23. The van der Waals surface area contributed by atoms with Gasteiger partial charge in [-0.05, 0) is 50.1 Å². The van der Waals surface area contributed by atoms with Gasteiger partial charge in [0.1, 0.15) is 0 Å². The average molecular weight is 282 g/mol. The molecule has 2 N–H and O–H groups in total. The Labute approximate surface area is 122 Å². The van der Waals surface area contributed by atoms with Gasteiger partial charge in [0, 0.05) is 37.4 Å². The Bertz CT molecular complexity index is 425. The second kappa shape index (κ2) is 6.12. The molecule has 1 fully saturated rings. The first-order chi connectivity index (χ1) is 8.72. The molecule has 2 aliphatic heterocycles. The summed E-state index contributed by atoms with van der Waals surface area (Å²) < 4.78 is 0. The maximum Gasteiger partial charge on any atom is 0.0370 e. The van der Waals surface area contributed by atoms with E-state index in [1.807, 2.05) is 0 Å². The predicted molar refractivity (Wildman–Crippen MR) is 83.4 cm³/mol. The molecule has 0 radical (unpaired) electrons. The lowest BCUT2D eigenvalue weighted by molar-refractivity contribution is 0.407. The molecule has 2 heterocycles. The number of hydrogen-bond donors (Lipinski definition) is 2. The van der Waals surface area contributed by atoms with Crippen molar-refractivity contribution in [3.8, 4) is 0 Å². The standard InChI is InChI=1S/C15H23N3.ClH/c1-11-9-18(10-12(2)17-11)15-4-3-14-8-16-6-5-13(14)7-15;/h3-4,7,11-12,16-17H,5-6,8-10H2,1-2H3;1H/t11-,12+;. The number of piperazine rings is 1. The molecule has 3 rings (SSSR count). The first-order valence-corrected chi connectivity index (χ1v) is 7.06. The van der Waals surface area contributed by atoms with Crippen molar-refractivity contribution in [2.45, 2.75) is 38.9 Å². The molecule has 19 heavy (non-hydrogen) atoms. The summed E-state index contributed by atoms with van der Waals surface area (Å²) in [7, 11) is 0. The van der Waals surface area contributed by atoms with Gasteiger partial charge < -0.3 is 15.5 Å². The Morgan fingerprint density at radius 1 is 1.11 bits per heavy atom. The van der Waals surface area contributed by atoms with E-state index in [1.54, 1.807) is 0 Å². The summed E-state index contributed by atoms with van der Waals surface area (Å²) in [5, 5.41) is 7.02. The van der Waals surface area contributed by atoms with E-state index in [0.29, 0.717) is 12.1 Å². The summed E-state index contributed by atoms with van der Waals surface area (Å²) in [5.74, 6) is 0. The minimum Gasteiger partial charge on any atom is -0.368 e. The van der Waals surface area contributed by atoms with E-state index in [0.717, 1.165) is 26.2 Å². The van der Waals surface area contributed by atoms with Gasteiger partial charge in [-0.2, -0.15) is 0 Å². The van der Waals surface area contributed by atoms with Crippen LogP contribution >= 0.6 is 12.4 Å². The van der Waals surface area contributed by atoms with Crippen molar-refractivity contribution >= 4 is 18.1 Å². The van der Waals surface area contributed by atoms with Crippen molar-refractivity contribution < 1.29 is 0 Å². The Balaban J connectivity index is 0.00000133. The summed E-state index contributed by atoms with van der Waals surface area (Å²) in [6.07, 6.45) is 1.17. The monoisotopic (exact) mass is 281 g/mol. The zero-order valence-electron chi connectivity index (χ0n) is 11.8. The van der Waals surface area contributed by atoms with E-state index in [1.165, 1.54) is 23.2 Å².